The molecule has 1 aromatic carbocycles. The van der Waals surface area contributed by atoms with E-state index in [4.69, 9.17) is 0 Å². The summed E-state index contributed by atoms with van der Waals surface area (Å²) in [5, 5.41) is 6.38. The monoisotopic (exact) mass is 230 g/mol. The lowest BCUT2D eigenvalue weighted by atomic mass is 10.0. The molecule has 0 radical (unpaired) electrons. The first-order valence-electron chi connectivity index (χ1n) is 6.46. The van der Waals surface area contributed by atoms with Crippen LogP contribution in [0.1, 0.15) is 30.4 Å². The standard InChI is InChI=1S/C14H18N2O/c17-14-9-11-8-10(3-6-13(11)16-14)2-1-7-15-12-4-5-12/h3,6,8,12,15H,1-2,4-5,7,9H2,(H,16,17). The van der Waals surface area contributed by atoms with Gasteiger partial charge in [-0.1, -0.05) is 12.1 Å². The SMILES string of the molecule is O=C1Cc2cc(CCCNC3CC3)ccc2N1. The van der Waals surface area contributed by atoms with E-state index in [1.54, 1.807) is 0 Å². The minimum absolute atomic E-state index is 0.118. The van der Waals surface area contributed by atoms with Crippen molar-refractivity contribution in [1.29, 1.82) is 0 Å². The average molecular weight is 230 g/mol. The first kappa shape index (κ1) is 10.8. The molecule has 0 unspecified atom stereocenters. The van der Waals surface area contributed by atoms with Gasteiger partial charge in [0.2, 0.25) is 5.91 Å². The highest BCUT2D eigenvalue weighted by atomic mass is 16.1. The van der Waals surface area contributed by atoms with E-state index in [1.165, 1.54) is 24.8 Å². The molecule has 3 nitrogen and oxygen atoms in total. The number of aryl methyl sites for hydroxylation is 1. The fourth-order valence-corrected chi connectivity index (χ4v) is 2.32. The van der Waals surface area contributed by atoms with Crippen LogP contribution in [0, 0.1) is 0 Å². The minimum atomic E-state index is 0.118. The Labute approximate surface area is 102 Å². The highest BCUT2D eigenvalue weighted by molar-refractivity contribution is 5.99. The number of anilines is 1. The molecule has 2 aliphatic rings. The van der Waals surface area contributed by atoms with Crippen molar-refractivity contribution in [3.63, 3.8) is 0 Å². The molecule has 0 atom stereocenters. The lowest BCUT2D eigenvalue weighted by Crippen LogP contribution is -2.17. The van der Waals surface area contributed by atoms with Crippen LogP contribution in [0.5, 0.6) is 0 Å². The summed E-state index contributed by atoms with van der Waals surface area (Å²) in [5.74, 6) is 0.118. The number of nitrogens with one attached hydrogen (secondary N) is 2. The third-order valence-corrected chi connectivity index (χ3v) is 3.45. The summed E-state index contributed by atoms with van der Waals surface area (Å²) in [4.78, 5) is 11.2. The van der Waals surface area contributed by atoms with E-state index in [9.17, 15) is 4.79 Å². The third-order valence-electron chi connectivity index (χ3n) is 3.45. The molecular formula is C14H18N2O. The fourth-order valence-electron chi connectivity index (χ4n) is 2.32. The number of amides is 1. The molecule has 90 valence electrons. The molecule has 0 bridgehead atoms. The van der Waals surface area contributed by atoms with Crippen LogP contribution >= 0.6 is 0 Å². The van der Waals surface area contributed by atoms with Crippen LogP contribution in [0.15, 0.2) is 18.2 Å². The van der Waals surface area contributed by atoms with Gasteiger partial charge in [0.05, 0.1) is 6.42 Å². The largest absolute Gasteiger partial charge is 0.326 e. The summed E-state index contributed by atoms with van der Waals surface area (Å²) in [6.07, 6.45) is 5.53. The normalized spacial score (nSPS) is 18.0. The van der Waals surface area contributed by atoms with Crippen LogP contribution in [0.4, 0.5) is 5.69 Å². The Morgan fingerprint density at radius 1 is 1.35 bits per heavy atom. The van der Waals surface area contributed by atoms with Gasteiger partial charge in [-0.3, -0.25) is 4.79 Å². The van der Waals surface area contributed by atoms with E-state index in [1.807, 2.05) is 6.07 Å². The lowest BCUT2D eigenvalue weighted by Gasteiger charge is -2.05. The molecule has 17 heavy (non-hydrogen) atoms. The maximum atomic E-state index is 11.2. The molecule has 3 heteroatoms. The summed E-state index contributed by atoms with van der Waals surface area (Å²) in [6, 6.07) is 7.13. The van der Waals surface area contributed by atoms with Crippen molar-refractivity contribution in [3.8, 4) is 0 Å². The maximum Gasteiger partial charge on any atom is 0.228 e. The van der Waals surface area contributed by atoms with Gasteiger partial charge in [-0.15, -0.1) is 0 Å². The Morgan fingerprint density at radius 2 is 2.24 bits per heavy atom. The summed E-state index contributed by atoms with van der Waals surface area (Å²) < 4.78 is 0. The smallest absolute Gasteiger partial charge is 0.228 e. The van der Waals surface area contributed by atoms with Crippen LogP contribution in [0.3, 0.4) is 0 Å². The molecule has 1 fully saturated rings. The van der Waals surface area contributed by atoms with E-state index in [0.717, 1.165) is 30.3 Å². The van der Waals surface area contributed by atoms with Gasteiger partial charge < -0.3 is 10.6 Å². The van der Waals surface area contributed by atoms with Crippen molar-refractivity contribution in [2.24, 2.45) is 0 Å². The first-order chi connectivity index (χ1) is 8.31. The molecule has 1 heterocycles. The van der Waals surface area contributed by atoms with Crippen LogP contribution in [0.25, 0.3) is 0 Å². The van der Waals surface area contributed by atoms with Crippen LogP contribution < -0.4 is 10.6 Å². The topological polar surface area (TPSA) is 41.1 Å². The van der Waals surface area contributed by atoms with Crippen molar-refractivity contribution >= 4 is 11.6 Å². The number of hydrogen-bond donors (Lipinski definition) is 2. The molecular weight excluding hydrogens is 212 g/mol. The number of rotatable bonds is 5. The molecule has 0 saturated heterocycles. The zero-order valence-corrected chi connectivity index (χ0v) is 9.96. The van der Waals surface area contributed by atoms with Crippen LogP contribution in [-0.2, 0) is 17.6 Å². The Hall–Kier alpha value is -1.35. The molecule has 0 aromatic heterocycles. The molecule has 3 rings (SSSR count). The zero-order valence-electron chi connectivity index (χ0n) is 9.96. The quantitative estimate of drug-likeness (QED) is 0.758. The number of benzene rings is 1. The Morgan fingerprint density at radius 3 is 3.06 bits per heavy atom. The first-order valence-corrected chi connectivity index (χ1v) is 6.46. The highest BCUT2D eigenvalue weighted by Crippen LogP contribution is 2.24. The number of fused-ring (bicyclic) bond motifs is 1. The summed E-state index contributed by atoms with van der Waals surface area (Å²) in [7, 11) is 0. The Kier molecular flexibility index (Phi) is 2.85. The number of carbonyl (C=O) groups excluding carboxylic acids is 1. The van der Waals surface area contributed by atoms with Crippen LogP contribution in [0.2, 0.25) is 0 Å². The van der Waals surface area contributed by atoms with Crippen molar-refractivity contribution in [1.82, 2.24) is 5.32 Å². The molecule has 2 N–H and O–H groups in total. The number of hydrogen-bond acceptors (Lipinski definition) is 2. The van der Waals surface area contributed by atoms with Gasteiger partial charge in [0.1, 0.15) is 0 Å². The third kappa shape index (κ3) is 2.67. The van der Waals surface area contributed by atoms with Gasteiger partial charge in [0, 0.05) is 11.7 Å². The minimum Gasteiger partial charge on any atom is -0.326 e. The predicted molar refractivity (Wildman–Crippen MR) is 68.1 cm³/mol. The van der Waals surface area contributed by atoms with E-state index >= 15 is 0 Å². The van der Waals surface area contributed by atoms with Crippen molar-refractivity contribution in [2.75, 3.05) is 11.9 Å². The van der Waals surface area contributed by atoms with Crippen molar-refractivity contribution < 1.29 is 4.79 Å². The molecule has 1 amide bonds. The molecule has 0 spiro atoms. The van der Waals surface area contributed by atoms with Gasteiger partial charge in [0.15, 0.2) is 0 Å². The zero-order chi connectivity index (χ0) is 11.7. The fraction of sp³-hybridized carbons (Fsp3) is 0.500. The van der Waals surface area contributed by atoms with E-state index in [-0.39, 0.29) is 5.91 Å². The maximum absolute atomic E-state index is 11.2. The van der Waals surface area contributed by atoms with Gasteiger partial charge >= 0.3 is 0 Å². The summed E-state index contributed by atoms with van der Waals surface area (Å²) in [5.41, 5.74) is 3.50. The van der Waals surface area contributed by atoms with Gasteiger partial charge in [-0.25, -0.2) is 0 Å². The molecule has 1 aromatic rings. The van der Waals surface area contributed by atoms with Gasteiger partial charge in [-0.2, -0.15) is 0 Å². The Balaban J connectivity index is 1.53. The Bertz CT molecular complexity index is 438. The second-order valence-corrected chi connectivity index (χ2v) is 5.05. The lowest BCUT2D eigenvalue weighted by molar-refractivity contribution is -0.115. The molecule has 1 aliphatic carbocycles. The van der Waals surface area contributed by atoms with Crippen molar-refractivity contribution in [2.45, 2.75) is 38.1 Å². The van der Waals surface area contributed by atoms with E-state index in [0.29, 0.717) is 6.42 Å². The second-order valence-electron chi connectivity index (χ2n) is 5.05. The highest BCUT2D eigenvalue weighted by Gasteiger charge is 2.19. The molecule has 1 saturated carbocycles. The number of carbonyl (C=O) groups is 1. The van der Waals surface area contributed by atoms with Gasteiger partial charge in [-0.05, 0) is 49.4 Å². The van der Waals surface area contributed by atoms with E-state index in [2.05, 4.69) is 22.8 Å². The van der Waals surface area contributed by atoms with E-state index < -0.39 is 0 Å². The second kappa shape index (κ2) is 4.49. The van der Waals surface area contributed by atoms with Gasteiger partial charge in [0.25, 0.3) is 0 Å². The van der Waals surface area contributed by atoms with Crippen LogP contribution in [-0.4, -0.2) is 18.5 Å². The summed E-state index contributed by atoms with van der Waals surface area (Å²) in [6.45, 7) is 1.11. The molecule has 1 aliphatic heterocycles. The average Bonchev–Trinajstić information content (AvgIpc) is 3.05. The van der Waals surface area contributed by atoms with Crippen molar-refractivity contribution in [3.05, 3.63) is 29.3 Å². The predicted octanol–water partition coefficient (Wildman–Crippen LogP) is 1.87. The summed E-state index contributed by atoms with van der Waals surface area (Å²) >= 11 is 0.